The van der Waals surface area contributed by atoms with Crippen LogP contribution in [0.3, 0.4) is 0 Å². The van der Waals surface area contributed by atoms with Crippen LogP contribution in [-0.2, 0) is 13.0 Å². The molecule has 4 heteroatoms. The second kappa shape index (κ2) is 7.86. The minimum Gasteiger partial charge on any atom is -0.350 e. The SMILES string of the molecule is CCSc1ccc(C(=O)NC[C@H]2Cc3ccccc3CN2C)cc1. The van der Waals surface area contributed by atoms with Crippen LogP contribution >= 0.6 is 11.8 Å². The second-order valence-electron chi connectivity index (χ2n) is 6.21. The fourth-order valence-corrected chi connectivity index (χ4v) is 3.79. The summed E-state index contributed by atoms with van der Waals surface area (Å²) < 4.78 is 0. The van der Waals surface area contributed by atoms with Crippen LogP contribution in [0.2, 0.25) is 0 Å². The number of hydrogen-bond acceptors (Lipinski definition) is 3. The molecule has 0 aromatic heterocycles. The third-order valence-corrected chi connectivity index (χ3v) is 5.44. The van der Waals surface area contributed by atoms with Crippen molar-refractivity contribution < 1.29 is 4.79 Å². The summed E-state index contributed by atoms with van der Waals surface area (Å²) in [4.78, 5) is 15.9. The Balaban J connectivity index is 1.58. The van der Waals surface area contributed by atoms with Gasteiger partial charge in [-0.1, -0.05) is 31.2 Å². The average Bonchev–Trinajstić information content (AvgIpc) is 2.60. The van der Waals surface area contributed by atoms with Crippen molar-refractivity contribution in [2.45, 2.75) is 30.8 Å². The van der Waals surface area contributed by atoms with Gasteiger partial charge in [0.1, 0.15) is 0 Å². The smallest absolute Gasteiger partial charge is 0.251 e. The summed E-state index contributed by atoms with van der Waals surface area (Å²) in [6.45, 7) is 3.75. The van der Waals surface area contributed by atoms with Gasteiger partial charge in [0.15, 0.2) is 0 Å². The van der Waals surface area contributed by atoms with Crippen LogP contribution in [-0.4, -0.2) is 36.2 Å². The average molecular weight is 340 g/mol. The first-order valence-corrected chi connectivity index (χ1v) is 9.44. The van der Waals surface area contributed by atoms with E-state index in [0.29, 0.717) is 12.6 Å². The Kier molecular flexibility index (Phi) is 5.59. The third-order valence-electron chi connectivity index (χ3n) is 4.54. The molecule has 3 nitrogen and oxygen atoms in total. The summed E-state index contributed by atoms with van der Waals surface area (Å²) in [6.07, 6.45) is 0.985. The van der Waals surface area contributed by atoms with Gasteiger partial charge >= 0.3 is 0 Å². The molecule has 2 aromatic carbocycles. The highest BCUT2D eigenvalue weighted by Gasteiger charge is 2.23. The van der Waals surface area contributed by atoms with Crippen LogP contribution in [0.1, 0.15) is 28.4 Å². The van der Waals surface area contributed by atoms with Gasteiger partial charge in [-0.3, -0.25) is 9.69 Å². The van der Waals surface area contributed by atoms with Crippen molar-refractivity contribution in [2.75, 3.05) is 19.3 Å². The van der Waals surface area contributed by atoms with Gasteiger partial charge in [-0.15, -0.1) is 11.8 Å². The predicted octanol–water partition coefficient (Wildman–Crippen LogP) is 3.59. The summed E-state index contributed by atoms with van der Waals surface area (Å²) in [5.41, 5.74) is 3.52. The molecule has 126 valence electrons. The van der Waals surface area contributed by atoms with E-state index >= 15 is 0 Å². The molecule has 0 aliphatic carbocycles. The number of likely N-dealkylation sites (N-methyl/N-ethyl adjacent to an activating group) is 1. The fourth-order valence-electron chi connectivity index (χ4n) is 3.13. The molecule has 0 unspecified atom stereocenters. The monoisotopic (exact) mass is 340 g/mol. The topological polar surface area (TPSA) is 32.3 Å². The van der Waals surface area contributed by atoms with Gasteiger partial charge in [0.05, 0.1) is 0 Å². The molecule has 24 heavy (non-hydrogen) atoms. The van der Waals surface area contributed by atoms with E-state index in [-0.39, 0.29) is 5.91 Å². The highest BCUT2D eigenvalue weighted by Crippen LogP contribution is 2.22. The normalized spacial score (nSPS) is 17.3. The molecule has 1 heterocycles. The van der Waals surface area contributed by atoms with Crippen molar-refractivity contribution >= 4 is 17.7 Å². The molecule has 0 saturated heterocycles. The molecule has 0 radical (unpaired) electrons. The van der Waals surface area contributed by atoms with Gasteiger partial charge in [0, 0.05) is 29.6 Å². The molecule has 0 fully saturated rings. The summed E-state index contributed by atoms with van der Waals surface area (Å²) in [5, 5.41) is 3.09. The lowest BCUT2D eigenvalue weighted by atomic mass is 9.94. The van der Waals surface area contributed by atoms with Crippen LogP contribution < -0.4 is 5.32 Å². The van der Waals surface area contributed by atoms with Gasteiger partial charge in [0.2, 0.25) is 0 Å². The van der Waals surface area contributed by atoms with E-state index in [1.54, 1.807) is 11.8 Å². The molecular formula is C20H24N2OS. The first-order valence-electron chi connectivity index (χ1n) is 8.45. The number of carbonyl (C=O) groups is 1. The Morgan fingerprint density at radius 3 is 2.58 bits per heavy atom. The Labute approximate surface area is 148 Å². The lowest BCUT2D eigenvalue weighted by molar-refractivity contribution is 0.0934. The summed E-state index contributed by atoms with van der Waals surface area (Å²) in [6, 6.07) is 16.8. The first kappa shape index (κ1) is 17.1. The van der Waals surface area contributed by atoms with Crippen molar-refractivity contribution in [1.29, 1.82) is 0 Å². The van der Waals surface area contributed by atoms with Gasteiger partial charge in [0.25, 0.3) is 5.91 Å². The molecule has 0 bridgehead atoms. The van der Waals surface area contributed by atoms with E-state index in [1.807, 2.05) is 24.3 Å². The van der Waals surface area contributed by atoms with Crippen LogP contribution in [0, 0.1) is 0 Å². The second-order valence-corrected chi connectivity index (χ2v) is 7.55. The quantitative estimate of drug-likeness (QED) is 0.844. The standard InChI is InChI=1S/C20H24N2OS/c1-3-24-19-10-8-15(9-11-19)20(23)21-13-18-12-16-6-4-5-7-17(16)14-22(18)2/h4-11,18H,3,12-14H2,1-2H3,(H,21,23)/t18-/m1/s1. The minimum atomic E-state index is 0.00954. The lowest BCUT2D eigenvalue weighted by Gasteiger charge is -2.34. The maximum Gasteiger partial charge on any atom is 0.251 e. The highest BCUT2D eigenvalue weighted by molar-refractivity contribution is 7.99. The number of fused-ring (bicyclic) bond motifs is 1. The number of hydrogen-bond donors (Lipinski definition) is 1. The summed E-state index contributed by atoms with van der Waals surface area (Å²) in [5.74, 6) is 1.05. The zero-order valence-electron chi connectivity index (χ0n) is 14.3. The Morgan fingerprint density at radius 1 is 1.17 bits per heavy atom. The van der Waals surface area contributed by atoms with E-state index in [1.165, 1.54) is 16.0 Å². The largest absolute Gasteiger partial charge is 0.350 e. The van der Waals surface area contributed by atoms with Gasteiger partial charge in [-0.25, -0.2) is 0 Å². The Hall–Kier alpha value is -1.78. The van der Waals surface area contributed by atoms with Crippen LogP contribution in [0.5, 0.6) is 0 Å². The lowest BCUT2D eigenvalue weighted by Crippen LogP contribution is -2.45. The van der Waals surface area contributed by atoms with Crippen molar-refractivity contribution in [3.8, 4) is 0 Å². The van der Waals surface area contributed by atoms with Crippen molar-refractivity contribution in [1.82, 2.24) is 10.2 Å². The molecule has 1 N–H and O–H groups in total. The first-order chi connectivity index (χ1) is 11.7. The van der Waals surface area contributed by atoms with E-state index < -0.39 is 0 Å². The maximum atomic E-state index is 12.4. The van der Waals surface area contributed by atoms with Gasteiger partial charge in [-0.2, -0.15) is 0 Å². The number of rotatable bonds is 5. The van der Waals surface area contributed by atoms with Gasteiger partial charge in [-0.05, 0) is 54.6 Å². The van der Waals surface area contributed by atoms with Crippen molar-refractivity contribution in [3.05, 3.63) is 65.2 Å². The molecular weight excluding hydrogens is 316 g/mol. The Bertz CT molecular complexity index is 699. The molecule has 0 spiro atoms. The highest BCUT2D eigenvalue weighted by atomic mass is 32.2. The number of benzene rings is 2. The number of thioether (sulfide) groups is 1. The molecule has 1 aliphatic rings. The molecule has 3 rings (SSSR count). The van der Waals surface area contributed by atoms with Crippen LogP contribution in [0.4, 0.5) is 0 Å². The van der Waals surface area contributed by atoms with Crippen molar-refractivity contribution in [2.24, 2.45) is 0 Å². The van der Waals surface area contributed by atoms with Crippen molar-refractivity contribution in [3.63, 3.8) is 0 Å². The minimum absolute atomic E-state index is 0.00954. The number of nitrogens with zero attached hydrogens (tertiary/aromatic N) is 1. The number of nitrogens with one attached hydrogen (secondary N) is 1. The molecule has 1 aliphatic heterocycles. The molecule has 1 amide bonds. The molecule has 2 aromatic rings. The van der Waals surface area contributed by atoms with Gasteiger partial charge < -0.3 is 5.32 Å². The fraction of sp³-hybridized carbons (Fsp3) is 0.350. The predicted molar refractivity (Wildman–Crippen MR) is 101 cm³/mol. The van der Waals surface area contributed by atoms with E-state index in [4.69, 9.17) is 0 Å². The van der Waals surface area contributed by atoms with Crippen LogP contribution in [0.15, 0.2) is 53.4 Å². The Morgan fingerprint density at radius 2 is 1.88 bits per heavy atom. The molecule has 0 saturated carbocycles. The number of amides is 1. The molecule has 1 atom stereocenters. The third kappa shape index (κ3) is 4.00. The zero-order chi connectivity index (χ0) is 16.9. The van der Waals surface area contributed by atoms with E-state index in [0.717, 1.165) is 24.3 Å². The maximum absolute atomic E-state index is 12.4. The van der Waals surface area contributed by atoms with E-state index in [2.05, 4.69) is 48.5 Å². The summed E-state index contributed by atoms with van der Waals surface area (Å²) >= 11 is 1.79. The zero-order valence-corrected chi connectivity index (χ0v) is 15.1. The van der Waals surface area contributed by atoms with Crippen LogP contribution in [0.25, 0.3) is 0 Å². The number of carbonyl (C=O) groups excluding carboxylic acids is 1. The summed E-state index contributed by atoms with van der Waals surface area (Å²) in [7, 11) is 2.13. The van der Waals surface area contributed by atoms with E-state index in [9.17, 15) is 4.79 Å².